The number of aryl methyl sites for hydroxylation is 1. The van der Waals surface area contributed by atoms with Crippen molar-refractivity contribution in [2.24, 2.45) is 5.73 Å². The molecule has 0 bridgehead atoms. The molecule has 2 N–H and O–H groups in total. The number of aromatic nitrogens is 3. The van der Waals surface area contributed by atoms with Crippen molar-refractivity contribution < 1.29 is 4.52 Å². The number of hydrogen-bond acceptors (Lipinski definition) is 5. The van der Waals surface area contributed by atoms with Crippen molar-refractivity contribution in [3.05, 3.63) is 65.7 Å². The van der Waals surface area contributed by atoms with Crippen LogP contribution in [0, 0.1) is 6.92 Å². The third-order valence-electron chi connectivity index (χ3n) is 3.17. The van der Waals surface area contributed by atoms with Crippen molar-refractivity contribution in [1.82, 2.24) is 15.1 Å². The highest BCUT2D eigenvalue weighted by Crippen LogP contribution is 2.18. The predicted molar refractivity (Wildman–Crippen MR) is 79.3 cm³/mol. The number of pyridine rings is 1. The van der Waals surface area contributed by atoms with E-state index < -0.39 is 0 Å². The molecule has 0 radical (unpaired) electrons. The summed E-state index contributed by atoms with van der Waals surface area (Å²) in [5, 5.41) is 3.96. The van der Waals surface area contributed by atoms with Crippen molar-refractivity contribution in [1.29, 1.82) is 0 Å². The van der Waals surface area contributed by atoms with Gasteiger partial charge in [0, 0.05) is 5.69 Å². The molecule has 0 saturated heterocycles. The van der Waals surface area contributed by atoms with Crippen molar-refractivity contribution in [2.45, 2.75) is 19.4 Å². The number of hydrogen-bond donors (Lipinski definition) is 1. The maximum absolute atomic E-state index is 6.13. The summed E-state index contributed by atoms with van der Waals surface area (Å²) in [4.78, 5) is 8.73. The van der Waals surface area contributed by atoms with E-state index in [0.29, 0.717) is 23.8 Å². The Kier molecular flexibility index (Phi) is 3.75. The van der Waals surface area contributed by atoms with Gasteiger partial charge in [0.25, 0.3) is 0 Å². The van der Waals surface area contributed by atoms with Gasteiger partial charge in [-0.3, -0.25) is 0 Å². The first-order chi connectivity index (χ1) is 10.2. The summed E-state index contributed by atoms with van der Waals surface area (Å²) in [5.41, 5.74) is 8.87. The first kappa shape index (κ1) is 13.5. The second-order valence-electron chi connectivity index (χ2n) is 4.92. The maximum Gasteiger partial charge on any atom is 0.244 e. The van der Waals surface area contributed by atoms with Crippen LogP contribution in [0.5, 0.6) is 0 Å². The van der Waals surface area contributed by atoms with Gasteiger partial charge in [-0.25, -0.2) is 4.98 Å². The Bertz CT molecular complexity index is 724. The number of nitrogens with two attached hydrogens (primary N) is 1. The van der Waals surface area contributed by atoms with Crippen LogP contribution in [-0.4, -0.2) is 15.1 Å². The highest BCUT2D eigenvalue weighted by atomic mass is 16.5. The number of nitrogens with zero attached hydrogens (tertiary/aromatic N) is 3. The van der Waals surface area contributed by atoms with Crippen LogP contribution in [0.2, 0.25) is 0 Å². The van der Waals surface area contributed by atoms with Crippen LogP contribution < -0.4 is 5.73 Å². The molecule has 3 rings (SSSR count). The Labute approximate surface area is 122 Å². The van der Waals surface area contributed by atoms with Crippen LogP contribution in [-0.2, 0) is 6.42 Å². The lowest BCUT2D eigenvalue weighted by Gasteiger charge is -2.05. The molecule has 1 aromatic carbocycles. The molecule has 2 heterocycles. The fourth-order valence-corrected chi connectivity index (χ4v) is 2.11. The third kappa shape index (κ3) is 3.14. The van der Waals surface area contributed by atoms with Gasteiger partial charge in [0.1, 0.15) is 5.69 Å². The molecule has 1 atom stereocenters. The molecule has 0 aliphatic rings. The third-order valence-corrected chi connectivity index (χ3v) is 3.17. The summed E-state index contributed by atoms with van der Waals surface area (Å²) in [6, 6.07) is 15.4. The van der Waals surface area contributed by atoms with E-state index in [-0.39, 0.29) is 6.04 Å². The van der Waals surface area contributed by atoms with E-state index in [1.54, 1.807) is 0 Å². The van der Waals surface area contributed by atoms with E-state index in [1.807, 2.05) is 55.5 Å². The zero-order valence-corrected chi connectivity index (χ0v) is 11.7. The second kappa shape index (κ2) is 5.85. The first-order valence-electron chi connectivity index (χ1n) is 6.79. The molecule has 0 aliphatic heterocycles. The summed E-state index contributed by atoms with van der Waals surface area (Å²) in [7, 11) is 0. The van der Waals surface area contributed by atoms with Crippen LogP contribution in [0.15, 0.2) is 53.1 Å². The molecule has 0 aliphatic carbocycles. The van der Waals surface area contributed by atoms with Gasteiger partial charge in [0.15, 0.2) is 0 Å². The molecule has 0 amide bonds. The summed E-state index contributed by atoms with van der Waals surface area (Å²) >= 11 is 0. The standard InChI is InChI=1S/C16H16N4O/c1-11-6-5-9-14(18-11)15-19-16(21-20-15)13(17)10-12-7-3-2-4-8-12/h2-9,13H,10,17H2,1H3/t13-/m1/s1. The Morgan fingerprint density at radius 3 is 2.62 bits per heavy atom. The molecular weight excluding hydrogens is 264 g/mol. The average molecular weight is 280 g/mol. The fourth-order valence-electron chi connectivity index (χ4n) is 2.11. The van der Waals surface area contributed by atoms with Crippen LogP contribution in [0.3, 0.4) is 0 Å². The van der Waals surface area contributed by atoms with E-state index >= 15 is 0 Å². The summed E-state index contributed by atoms with van der Waals surface area (Å²) in [6.07, 6.45) is 0.656. The van der Waals surface area contributed by atoms with Crippen LogP contribution in [0.1, 0.15) is 23.2 Å². The minimum Gasteiger partial charge on any atom is -0.337 e. The van der Waals surface area contributed by atoms with Crippen LogP contribution >= 0.6 is 0 Å². The van der Waals surface area contributed by atoms with E-state index in [9.17, 15) is 0 Å². The van der Waals surface area contributed by atoms with E-state index in [1.165, 1.54) is 0 Å². The molecule has 0 saturated carbocycles. The minimum absolute atomic E-state index is 0.321. The Balaban J connectivity index is 1.78. The minimum atomic E-state index is -0.321. The fraction of sp³-hybridized carbons (Fsp3) is 0.188. The zero-order chi connectivity index (χ0) is 14.7. The van der Waals surface area contributed by atoms with E-state index in [0.717, 1.165) is 11.3 Å². The smallest absolute Gasteiger partial charge is 0.244 e. The highest BCUT2D eigenvalue weighted by Gasteiger charge is 2.16. The molecule has 0 spiro atoms. The van der Waals surface area contributed by atoms with Crippen molar-refractivity contribution in [3.8, 4) is 11.5 Å². The highest BCUT2D eigenvalue weighted by molar-refractivity contribution is 5.48. The van der Waals surface area contributed by atoms with Gasteiger partial charge in [-0.1, -0.05) is 41.6 Å². The summed E-state index contributed by atoms with van der Waals surface area (Å²) < 4.78 is 5.27. The van der Waals surface area contributed by atoms with E-state index in [4.69, 9.17) is 10.3 Å². The van der Waals surface area contributed by atoms with Crippen molar-refractivity contribution >= 4 is 0 Å². The lowest BCUT2D eigenvalue weighted by molar-refractivity contribution is 0.354. The Hall–Kier alpha value is -2.53. The summed E-state index contributed by atoms with van der Waals surface area (Å²) in [5.74, 6) is 0.898. The van der Waals surface area contributed by atoms with Gasteiger partial charge in [0.05, 0.1) is 6.04 Å². The van der Waals surface area contributed by atoms with Gasteiger partial charge in [-0.2, -0.15) is 4.98 Å². The lowest BCUT2D eigenvalue weighted by atomic mass is 10.1. The van der Waals surface area contributed by atoms with Crippen LogP contribution in [0.4, 0.5) is 0 Å². The van der Waals surface area contributed by atoms with Gasteiger partial charge in [-0.15, -0.1) is 0 Å². The molecular formula is C16H16N4O. The first-order valence-corrected chi connectivity index (χ1v) is 6.79. The normalized spacial score (nSPS) is 12.3. The topological polar surface area (TPSA) is 77.8 Å². The lowest BCUT2D eigenvalue weighted by Crippen LogP contribution is -2.13. The summed E-state index contributed by atoms with van der Waals surface area (Å²) in [6.45, 7) is 1.92. The quantitative estimate of drug-likeness (QED) is 0.795. The maximum atomic E-state index is 6.13. The Morgan fingerprint density at radius 2 is 1.86 bits per heavy atom. The molecule has 2 aromatic heterocycles. The molecule has 21 heavy (non-hydrogen) atoms. The predicted octanol–water partition coefficient (Wildman–Crippen LogP) is 2.68. The number of rotatable bonds is 4. The number of benzene rings is 1. The van der Waals surface area contributed by atoms with Gasteiger partial charge in [0.2, 0.25) is 11.7 Å². The van der Waals surface area contributed by atoms with Crippen molar-refractivity contribution in [2.75, 3.05) is 0 Å². The Morgan fingerprint density at radius 1 is 1.05 bits per heavy atom. The average Bonchev–Trinajstić information content (AvgIpc) is 2.98. The largest absolute Gasteiger partial charge is 0.337 e. The van der Waals surface area contributed by atoms with Crippen LogP contribution in [0.25, 0.3) is 11.5 Å². The molecule has 5 heteroatoms. The second-order valence-corrected chi connectivity index (χ2v) is 4.92. The molecule has 106 valence electrons. The molecule has 0 unspecified atom stereocenters. The van der Waals surface area contributed by atoms with E-state index in [2.05, 4.69) is 15.1 Å². The van der Waals surface area contributed by atoms with Gasteiger partial charge >= 0.3 is 0 Å². The monoisotopic (exact) mass is 280 g/mol. The van der Waals surface area contributed by atoms with Gasteiger partial charge in [-0.05, 0) is 31.0 Å². The SMILES string of the molecule is Cc1cccc(-c2noc([C@H](N)Cc3ccccc3)n2)n1. The molecule has 3 aromatic rings. The van der Waals surface area contributed by atoms with Gasteiger partial charge < -0.3 is 10.3 Å². The van der Waals surface area contributed by atoms with Crippen molar-refractivity contribution in [3.63, 3.8) is 0 Å². The molecule has 5 nitrogen and oxygen atoms in total. The zero-order valence-electron chi connectivity index (χ0n) is 11.7. The molecule has 0 fully saturated rings.